The molecule has 1 N–H and O–H groups in total. The number of carboxylic acid groups (broad SMARTS) is 1. The summed E-state index contributed by atoms with van der Waals surface area (Å²) in [6.45, 7) is 4.33. The van der Waals surface area contributed by atoms with Gasteiger partial charge in [0.25, 0.3) is 5.91 Å². The monoisotopic (exact) mass is 252 g/mol. The number of nitrogens with zero attached hydrogens (tertiary/aromatic N) is 2. The molecular weight excluding hydrogens is 236 g/mol. The van der Waals surface area contributed by atoms with Crippen LogP contribution in [0.1, 0.15) is 36.0 Å². The zero-order valence-electron chi connectivity index (χ0n) is 10.5. The van der Waals surface area contributed by atoms with E-state index in [1.54, 1.807) is 24.8 Å². The van der Waals surface area contributed by atoms with Crippen LogP contribution >= 0.6 is 0 Å². The van der Waals surface area contributed by atoms with Crippen LogP contribution in [0.25, 0.3) is 0 Å². The highest BCUT2D eigenvalue weighted by Crippen LogP contribution is 2.31. The molecule has 0 radical (unpaired) electrons. The molecule has 2 rings (SSSR count). The van der Waals surface area contributed by atoms with E-state index in [4.69, 9.17) is 9.63 Å². The van der Waals surface area contributed by atoms with Crippen LogP contribution in [0.4, 0.5) is 0 Å². The number of aryl methyl sites for hydroxylation is 1. The molecule has 0 atom stereocenters. The molecule has 1 fully saturated rings. The summed E-state index contributed by atoms with van der Waals surface area (Å²) in [5.74, 6) is -0.806. The quantitative estimate of drug-likeness (QED) is 0.857. The molecule has 0 aromatic carbocycles. The standard InChI is InChI=1S/C12H16N2O4/c1-8-7-9(18-13-8)10(15)14-5-3-12(2,4-6-14)11(16)17/h7H,3-6H2,1-2H3,(H,16,17). The van der Waals surface area contributed by atoms with E-state index in [9.17, 15) is 9.59 Å². The number of carbonyl (C=O) groups is 2. The third-order valence-electron chi connectivity index (χ3n) is 3.51. The Hall–Kier alpha value is -1.85. The third kappa shape index (κ3) is 2.23. The van der Waals surface area contributed by atoms with Crippen molar-refractivity contribution in [2.45, 2.75) is 26.7 Å². The van der Waals surface area contributed by atoms with Crippen LogP contribution in [0.5, 0.6) is 0 Å². The first kappa shape index (κ1) is 12.6. The molecule has 1 amide bonds. The van der Waals surface area contributed by atoms with Gasteiger partial charge in [0, 0.05) is 19.2 Å². The Morgan fingerprint density at radius 3 is 2.50 bits per heavy atom. The highest BCUT2D eigenvalue weighted by atomic mass is 16.5. The number of amides is 1. The molecule has 98 valence electrons. The molecule has 1 saturated heterocycles. The minimum atomic E-state index is -0.801. The zero-order chi connectivity index (χ0) is 13.3. The van der Waals surface area contributed by atoms with Gasteiger partial charge in [0.1, 0.15) is 0 Å². The van der Waals surface area contributed by atoms with Crippen molar-refractivity contribution in [3.63, 3.8) is 0 Å². The molecule has 1 aromatic rings. The van der Waals surface area contributed by atoms with E-state index in [0.717, 1.165) is 0 Å². The van der Waals surface area contributed by atoms with Gasteiger partial charge in [-0.05, 0) is 26.7 Å². The summed E-state index contributed by atoms with van der Waals surface area (Å²) in [6.07, 6.45) is 0.919. The second-order valence-electron chi connectivity index (χ2n) is 4.99. The molecule has 0 spiro atoms. The number of hydrogen-bond donors (Lipinski definition) is 1. The molecule has 6 heteroatoms. The van der Waals surface area contributed by atoms with Gasteiger partial charge in [0.15, 0.2) is 0 Å². The molecule has 6 nitrogen and oxygen atoms in total. The van der Waals surface area contributed by atoms with Crippen LogP contribution in [0, 0.1) is 12.3 Å². The predicted octanol–water partition coefficient (Wildman–Crippen LogP) is 1.31. The smallest absolute Gasteiger partial charge is 0.309 e. The first-order chi connectivity index (χ1) is 8.42. The van der Waals surface area contributed by atoms with Gasteiger partial charge >= 0.3 is 5.97 Å². The molecule has 0 bridgehead atoms. The molecule has 0 unspecified atom stereocenters. The lowest BCUT2D eigenvalue weighted by Gasteiger charge is -2.35. The van der Waals surface area contributed by atoms with Crippen molar-refractivity contribution >= 4 is 11.9 Å². The summed E-state index contributed by atoms with van der Waals surface area (Å²) in [5, 5.41) is 12.8. The number of carboxylic acids is 1. The Labute approximate surface area is 105 Å². The minimum Gasteiger partial charge on any atom is -0.481 e. The second kappa shape index (κ2) is 4.44. The SMILES string of the molecule is Cc1cc(C(=O)N2CCC(C)(C(=O)O)CC2)on1. The summed E-state index contributed by atoms with van der Waals surface area (Å²) < 4.78 is 4.92. The minimum absolute atomic E-state index is 0.214. The number of piperidine rings is 1. The highest BCUT2D eigenvalue weighted by Gasteiger charge is 2.38. The summed E-state index contributed by atoms with van der Waals surface area (Å²) in [6, 6.07) is 1.59. The van der Waals surface area contributed by atoms with E-state index in [0.29, 0.717) is 31.6 Å². The summed E-state index contributed by atoms with van der Waals surface area (Å²) in [4.78, 5) is 24.7. The van der Waals surface area contributed by atoms with Gasteiger partial charge in [0.2, 0.25) is 5.76 Å². The molecule has 2 heterocycles. The molecule has 1 aliphatic rings. The fourth-order valence-electron chi connectivity index (χ4n) is 2.04. The summed E-state index contributed by atoms with van der Waals surface area (Å²) in [5.41, 5.74) is -0.0700. The van der Waals surface area contributed by atoms with E-state index in [1.807, 2.05) is 0 Å². The van der Waals surface area contributed by atoms with E-state index in [2.05, 4.69) is 5.16 Å². The van der Waals surface area contributed by atoms with E-state index < -0.39 is 11.4 Å². The lowest BCUT2D eigenvalue weighted by molar-refractivity contribution is -0.150. The summed E-state index contributed by atoms with van der Waals surface area (Å²) >= 11 is 0. The predicted molar refractivity (Wildman–Crippen MR) is 62.1 cm³/mol. The van der Waals surface area contributed by atoms with E-state index in [-0.39, 0.29) is 11.7 Å². The van der Waals surface area contributed by atoms with Crippen LogP contribution in [0.3, 0.4) is 0 Å². The molecular formula is C12H16N2O4. The lowest BCUT2D eigenvalue weighted by atomic mass is 9.80. The average molecular weight is 252 g/mol. The van der Waals surface area contributed by atoms with Crippen molar-refractivity contribution in [3.8, 4) is 0 Å². The molecule has 18 heavy (non-hydrogen) atoms. The Bertz CT molecular complexity index is 472. The van der Waals surface area contributed by atoms with Gasteiger partial charge in [-0.25, -0.2) is 0 Å². The number of aliphatic carboxylic acids is 1. The van der Waals surface area contributed by atoms with Gasteiger partial charge in [-0.2, -0.15) is 0 Å². The van der Waals surface area contributed by atoms with Crippen molar-refractivity contribution in [1.82, 2.24) is 10.1 Å². The Morgan fingerprint density at radius 1 is 1.44 bits per heavy atom. The van der Waals surface area contributed by atoms with Crippen molar-refractivity contribution in [2.24, 2.45) is 5.41 Å². The number of hydrogen-bond acceptors (Lipinski definition) is 4. The van der Waals surface area contributed by atoms with Crippen molar-refractivity contribution in [1.29, 1.82) is 0 Å². The molecule has 1 aromatic heterocycles. The second-order valence-corrected chi connectivity index (χ2v) is 4.99. The van der Waals surface area contributed by atoms with Gasteiger partial charge in [-0.1, -0.05) is 5.16 Å². The van der Waals surface area contributed by atoms with Gasteiger partial charge in [-0.3, -0.25) is 9.59 Å². The molecule has 0 saturated carbocycles. The maximum atomic E-state index is 12.0. The molecule has 1 aliphatic heterocycles. The fraction of sp³-hybridized carbons (Fsp3) is 0.583. The maximum Gasteiger partial charge on any atom is 0.309 e. The largest absolute Gasteiger partial charge is 0.481 e. The normalized spacial score (nSPS) is 18.7. The van der Waals surface area contributed by atoms with Gasteiger partial charge < -0.3 is 14.5 Å². The highest BCUT2D eigenvalue weighted by molar-refractivity contribution is 5.91. The van der Waals surface area contributed by atoms with Gasteiger partial charge in [0.05, 0.1) is 11.1 Å². The van der Waals surface area contributed by atoms with Crippen molar-refractivity contribution < 1.29 is 19.2 Å². The van der Waals surface area contributed by atoms with Crippen LogP contribution in [-0.4, -0.2) is 40.1 Å². The number of likely N-dealkylation sites (tertiary alicyclic amines) is 1. The van der Waals surface area contributed by atoms with Crippen LogP contribution in [0.15, 0.2) is 10.6 Å². The number of rotatable bonds is 2. The first-order valence-corrected chi connectivity index (χ1v) is 5.88. The fourth-order valence-corrected chi connectivity index (χ4v) is 2.04. The van der Waals surface area contributed by atoms with Crippen LogP contribution in [-0.2, 0) is 4.79 Å². The Morgan fingerprint density at radius 2 is 2.06 bits per heavy atom. The van der Waals surface area contributed by atoms with E-state index in [1.165, 1.54) is 0 Å². The zero-order valence-corrected chi connectivity index (χ0v) is 10.5. The van der Waals surface area contributed by atoms with Gasteiger partial charge in [-0.15, -0.1) is 0 Å². The van der Waals surface area contributed by atoms with Crippen molar-refractivity contribution in [3.05, 3.63) is 17.5 Å². The Balaban J connectivity index is 2.02. The summed E-state index contributed by atoms with van der Waals surface area (Å²) in [7, 11) is 0. The average Bonchev–Trinajstić information content (AvgIpc) is 2.76. The number of aromatic nitrogens is 1. The maximum absolute atomic E-state index is 12.0. The lowest BCUT2D eigenvalue weighted by Crippen LogP contribution is -2.45. The van der Waals surface area contributed by atoms with Crippen LogP contribution in [0.2, 0.25) is 0 Å². The van der Waals surface area contributed by atoms with Crippen molar-refractivity contribution in [2.75, 3.05) is 13.1 Å². The number of carbonyl (C=O) groups excluding carboxylic acids is 1. The topological polar surface area (TPSA) is 83.6 Å². The van der Waals surface area contributed by atoms with E-state index >= 15 is 0 Å². The Kier molecular flexibility index (Phi) is 3.11. The third-order valence-corrected chi connectivity index (χ3v) is 3.51. The van der Waals surface area contributed by atoms with Crippen LogP contribution < -0.4 is 0 Å². The first-order valence-electron chi connectivity index (χ1n) is 5.88. The molecule has 0 aliphatic carbocycles.